The van der Waals surface area contributed by atoms with Crippen molar-refractivity contribution in [2.45, 2.75) is 0 Å². The van der Waals surface area contributed by atoms with Gasteiger partial charge < -0.3 is 10.6 Å². The van der Waals surface area contributed by atoms with E-state index in [1.807, 2.05) is 0 Å². The van der Waals surface area contributed by atoms with Crippen molar-refractivity contribution in [2.24, 2.45) is 0 Å². The fraction of sp³-hybridized carbons (Fsp3) is 0.667. The van der Waals surface area contributed by atoms with Gasteiger partial charge in [0, 0.05) is 26.2 Å². The lowest BCUT2D eigenvalue weighted by molar-refractivity contribution is 0.494. The molecular weight excluding hydrogens is 180 g/mol. The highest BCUT2D eigenvalue weighted by Crippen LogP contribution is 1.75. The molecule has 1 heterocycles. The first-order valence-corrected chi connectivity index (χ1v) is 5.08. The molecular formula is C6H14N2O3S. The van der Waals surface area contributed by atoms with Gasteiger partial charge >= 0.3 is 0 Å². The van der Waals surface area contributed by atoms with E-state index >= 15 is 0 Å². The standard InChI is InChI=1S/C4H10N2.C2H4O3S/c1-2-6-4-3-5-1;1-2-6(3,4)5/h5-6H,1-4H2;2H,1H2,(H,3,4,5). The van der Waals surface area contributed by atoms with Crippen molar-refractivity contribution >= 4 is 10.1 Å². The molecule has 12 heavy (non-hydrogen) atoms. The average molecular weight is 194 g/mol. The maximum atomic E-state index is 9.44. The van der Waals surface area contributed by atoms with Crippen LogP contribution in [0.25, 0.3) is 0 Å². The summed E-state index contributed by atoms with van der Waals surface area (Å²) in [6, 6.07) is 0. The van der Waals surface area contributed by atoms with Gasteiger partial charge in [0.25, 0.3) is 10.1 Å². The van der Waals surface area contributed by atoms with Crippen molar-refractivity contribution in [1.29, 1.82) is 0 Å². The van der Waals surface area contributed by atoms with Crippen LogP contribution in [0.5, 0.6) is 0 Å². The van der Waals surface area contributed by atoms with Crippen LogP contribution in [0.15, 0.2) is 12.0 Å². The number of nitrogens with one attached hydrogen (secondary N) is 2. The molecule has 0 bridgehead atoms. The topological polar surface area (TPSA) is 78.4 Å². The Bertz CT molecular complexity index is 186. The zero-order chi connectivity index (χ0) is 9.45. The van der Waals surface area contributed by atoms with Crippen LogP contribution in [0.2, 0.25) is 0 Å². The van der Waals surface area contributed by atoms with E-state index in [4.69, 9.17) is 4.55 Å². The molecule has 0 radical (unpaired) electrons. The molecule has 5 nitrogen and oxygen atoms in total. The molecule has 0 atom stereocenters. The van der Waals surface area contributed by atoms with E-state index < -0.39 is 10.1 Å². The predicted octanol–water partition coefficient (Wildman–Crippen LogP) is -0.803. The molecule has 72 valence electrons. The summed E-state index contributed by atoms with van der Waals surface area (Å²) in [7, 11) is -3.90. The van der Waals surface area contributed by atoms with Crippen molar-refractivity contribution < 1.29 is 13.0 Å². The second-order valence-corrected chi connectivity index (χ2v) is 3.54. The fourth-order valence-electron chi connectivity index (χ4n) is 0.604. The van der Waals surface area contributed by atoms with Crippen molar-refractivity contribution in [3.63, 3.8) is 0 Å². The third kappa shape index (κ3) is 9.57. The van der Waals surface area contributed by atoms with Crippen molar-refractivity contribution in [1.82, 2.24) is 10.6 Å². The zero-order valence-electron chi connectivity index (χ0n) is 6.78. The minimum absolute atomic E-state index is 0.465. The largest absolute Gasteiger partial charge is 0.314 e. The molecule has 0 saturated carbocycles. The highest BCUT2D eigenvalue weighted by atomic mass is 32.2. The molecule has 0 unspecified atom stereocenters. The predicted molar refractivity (Wildman–Crippen MR) is 47.5 cm³/mol. The minimum Gasteiger partial charge on any atom is -0.314 e. The van der Waals surface area contributed by atoms with Crippen LogP contribution in [0.4, 0.5) is 0 Å². The first-order valence-electron chi connectivity index (χ1n) is 3.57. The molecule has 0 aromatic heterocycles. The summed E-state index contributed by atoms with van der Waals surface area (Å²) in [5.41, 5.74) is 0. The number of hydrogen-bond donors (Lipinski definition) is 3. The summed E-state index contributed by atoms with van der Waals surface area (Å²) in [4.78, 5) is 0. The Morgan fingerprint density at radius 1 is 1.17 bits per heavy atom. The van der Waals surface area contributed by atoms with E-state index in [0.29, 0.717) is 5.41 Å². The molecule has 1 aliphatic rings. The van der Waals surface area contributed by atoms with Gasteiger partial charge in [-0.25, -0.2) is 0 Å². The smallest absolute Gasteiger partial charge is 0.287 e. The summed E-state index contributed by atoms with van der Waals surface area (Å²) >= 11 is 0. The molecule has 1 rings (SSSR count). The lowest BCUT2D eigenvalue weighted by atomic mass is 10.4. The van der Waals surface area contributed by atoms with Gasteiger partial charge in [-0.3, -0.25) is 4.55 Å². The highest BCUT2D eigenvalue weighted by molar-refractivity contribution is 7.88. The van der Waals surface area contributed by atoms with Gasteiger partial charge in [0.1, 0.15) is 0 Å². The lowest BCUT2D eigenvalue weighted by Gasteiger charge is -2.11. The van der Waals surface area contributed by atoms with E-state index in [1.54, 1.807) is 0 Å². The lowest BCUT2D eigenvalue weighted by Crippen LogP contribution is -2.39. The second kappa shape index (κ2) is 6.13. The summed E-state index contributed by atoms with van der Waals surface area (Å²) in [5.74, 6) is 0. The van der Waals surface area contributed by atoms with Gasteiger partial charge in [0.15, 0.2) is 0 Å². The summed E-state index contributed by atoms with van der Waals surface area (Å²) in [6.45, 7) is 7.35. The Labute approximate surface area is 72.6 Å². The van der Waals surface area contributed by atoms with Crippen molar-refractivity contribution in [3.8, 4) is 0 Å². The monoisotopic (exact) mass is 194 g/mol. The Hall–Kier alpha value is -0.430. The van der Waals surface area contributed by atoms with E-state index in [-0.39, 0.29) is 0 Å². The molecule has 1 aliphatic heterocycles. The third-order valence-corrected chi connectivity index (χ3v) is 1.59. The highest BCUT2D eigenvalue weighted by Gasteiger charge is 1.91. The Balaban J connectivity index is 0.000000202. The minimum atomic E-state index is -3.90. The first-order chi connectivity index (χ1) is 5.56. The van der Waals surface area contributed by atoms with Crippen molar-refractivity contribution in [3.05, 3.63) is 12.0 Å². The fourth-order valence-corrected chi connectivity index (χ4v) is 0.604. The maximum Gasteiger partial charge on any atom is 0.287 e. The molecule has 0 aliphatic carbocycles. The molecule has 0 aromatic carbocycles. The normalized spacial score (nSPS) is 17.4. The average Bonchev–Trinajstić information content (AvgIpc) is 2.07. The summed E-state index contributed by atoms with van der Waals surface area (Å²) < 4.78 is 26.6. The molecule has 3 N–H and O–H groups in total. The molecule has 0 aromatic rings. The molecule has 0 amide bonds. The zero-order valence-corrected chi connectivity index (χ0v) is 7.60. The van der Waals surface area contributed by atoms with Crippen LogP contribution in [-0.4, -0.2) is 39.1 Å². The van der Waals surface area contributed by atoms with Gasteiger partial charge in [-0.2, -0.15) is 8.42 Å². The van der Waals surface area contributed by atoms with Gasteiger partial charge in [-0.1, -0.05) is 6.58 Å². The van der Waals surface area contributed by atoms with Crippen LogP contribution >= 0.6 is 0 Å². The Morgan fingerprint density at radius 2 is 1.42 bits per heavy atom. The van der Waals surface area contributed by atoms with Crippen molar-refractivity contribution in [2.75, 3.05) is 26.2 Å². The van der Waals surface area contributed by atoms with Gasteiger partial charge in [0.05, 0.1) is 5.41 Å². The van der Waals surface area contributed by atoms with E-state index in [0.717, 1.165) is 26.2 Å². The maximum absolute atomic E-state index is 9.44. The Kier molecular flexibility index (Phi) is 5.91. The SMILES string of the molecule is C1CNCCN1.C=CS(=O)(=O)O. The first kappa shape index (κ1) is 11.6. The number of piperazine rings is 1. The van der Waals surface area contributed by atoms with E-state index in [2.05, 4.69) is 17.2 Å². The van der Waals surface area contributed by atoms with E-state index in [1.165, 1.54) is 0 Å². The Morgan fingerprint density at radius 3 is 1.50 bits per heavy atom. The van der Waals surface area contributed by atoms with Crippen LogP contribution in [0.3, 0.4) is 0 Å². The quantitative estimate of drug-likeness (QED) is 0.476. The molecule has 6 heteroatoms. The van der Waals surface area contributed by atoms with Crippen LogP contribution < -0.4 is 10.6 Å². The van der Waals surface area contributed by atoms with Crippen LogP contribution in [0.1, 0.15) is 0 Å². The summed E-state index contributed by atoms with van der Waals surface area (Å²) in [6.07, 6.45) is 0. The second-order valence-electron chi connectivity index (χ2n) is 2.18. The van der Waals surface area contributed by atoms with Gasteiger partial charge in [0.2, 0.25) is 0 Å². The molecule has 1 saturated heterocycles. The van der Waals surface area contributed by atoms with E-state index in [9.17, 15) is 8.42 Å². The van der Waals surface area contributed by atoms with Gasteiger partial charge in [-0.15, -0.1) is 0 Å². The number of rotatable bonds is 1. The number of hydrogen-bond acceptors (Lipinski definition) is 4. The summed E-state index contributed by atoms with van der Waals surface area (Å²) in [5, 5.41) is 6.91. The third-order valence-electron chi connectivity index (χ3n) is 1.17. The molecule has 1 fully saturated rings. The molecule has 0 spiro atoms. The van der Waals surface area contributed by atoms with Crippen LogP contribution in [0, 0.1) is 0 Å². The van der Waals surface area contributed by atoms with Crippen LogP contribution in [-0.2, 0) is 10.1 Å². The van der Waals surface area contributed by atoms with Gasteiger partial charge in [-0.05, 0) is 0 Å².